The molecular weight excluding hydrogens is 339 g/mol. The van der Waals surface area contributed by atoms with Crippen LogP contribution in [0.5, 0.6) is 0 Å². The van der Waals surface area contributed by atoms with Gasteiger partial charge >= 0.3 is 0 Å². The topological polar surface area (TPSA) is 80.1 Å². The first-order valence-electron chi connectivity index (χ1n) is 7.29. The predicted molar refractivity (Wildman–Crippen MR) is 89.7 cm³/mol. The minimum Gasteiger partial charge on any atom is -0.355 e. The smallest absolute Gasteiger partial charge is 0.228 e. The first-order valence-corrected chi connectivity index (χ1v) is 7.67. The van der Waals surface area contributed by atoms with Crippen LogP contribution < -0.4 is 10.6 Å². The minimum atomic E-state index is 0. The fourth-order valence-electron chi connectivity index (χ4n) is 2.39. The molecule has 3 rings (SSSR count). The van der Waals surface area contributed by atoms with Gasteiger partial charge in [-0.1, -0.05) is 16.8 Å². The first-order chi connectivity index (χ1) is 10.7. The maximum atomic E-state index is 11.9. The summed E-state index contributed by atoms with van der Waals surface area (Å²) in [5.41, 5.74) is 0.848. The standard InChI is InChI=1S/C15H17ClN4O2.ClH/c16-12-3-1-10(2-4-12)14-19-13(22-20-14)6-8-18-15(21)11-5-7-17-9-11;/h1-4,11,17H,5-9H2,(H,18,21);1H. The minimum absolute atomic E-state index is 0. The maximum absolute atomic E-state index is 11.9. The summed E-state index contributed by atoms with van der Waals surface area (Å²) in [6, 6.07) is 7.24. The average molecular weight is 357 g/mol. The van der Waals surface area contributed by atoms with Gasteiger partial charge in [0.1, 0.15) is 0 Å². The van der Waals surface area contributed by atoms with Gasteiger partial charge in [-0.15, -0.1) is 12.4 Å². The van der Waals surface area contributed by atoms with E-state index in [9.17, 15) is 4.79 Å². The van der Waals surface area contributed by atoms with Crippen molar-refractivity contribution in [1.82, 2.24) is 20.8 Å². The molecule has 1 fully saturated rings. The summed E-state index contributed by atoms with van der Waals surface area (Å²) in [5, 5.41) is 10.7. The van der Waals surface area contributed by atoms with Gasteiger partial charge < -0.3 is 15.2 Å². The number of hydrogen-bond acceptors (Lipinski definition) is 5. The Kier molecular flexibility index (Phi) is 6.38. The van der Waals surface area contributed by atoms with Gasteiger partial charge in [-0.05, 0) is 37.2 Å². The van der Waals surface area contributed by atoms with E-state index in [-0.39, 0.29) is 24.2 Å². The van der Waals surface area contributed by atoms with Crippen molar-refractivity contribution in [2.75, 3.05) is 19.6 Å². The zero-order valence-corrected chi connectivity index (χ0v) is 14.0. The molecule has 1 aromatic heterocycles. The number of amides is 1. The number of nitrogens with one attached hydrogen (secondary N) is 2. The van der Waals surface area contributed by atoms with Crippen molar-refractivity contribution >= 4 is 29.9 Å². The molecule has 1 aliphatic heterocycles. The third kappa shape index (κ3) is 4.67. The highest BCUT2D eigenvalue weighted by Crippen LogP contribution is 2.18. The fourth-order valence-corrected chi connectivity index (χ4v) is 2.51. The number of hydrogen-bond donors (Lipinski definition) is 2. The summed E-state index contributed by atoms with van der Waals surface area (Å²) in [7, 11) is 0. The van der Waals surface area contributed by atoms with Crippen LogP contribution >= 0.6 is 24.0 Å². The highest BCUT2D eigenvalue weighted by molar-refractivity contribution is 6.30. The summed E-state index contributed by atoms with van der Waals surface area (Å²) < 4.78 is 5.20. The lowest BCUT2D eigenvalue weighted by atomic mass is 10.1. The number of nitrogens with zero attached hydrogens (tertiary/aromatic N) is 2. The van der Waals surface area contributed by atoms with Crippen LogP contribution in [0.1, 0.15) is 12.3 Å². The second kappa shape index (κ2) is 8.29. The Balaban J connectivity index is 0.00000192. The lowest BCUT2D eigenvalue weighted by Crippen LogP contribution is -2.33. The molecule has 2 aromatic rings. The van der Waals surface area contributed by atoms with E-state index in [1.54, 1.807) is 12.1 Å². The average Bonchev–Trinajstić information content (AvgIpc) is 3.19. The van der Waals surface area contributed by atoms with Gasteiger partial charge in [-0.25, -0.2) is 0 Å². The molecule has 0 radical (unpaired) electrons. The molecule has 1 aromatic carbocycles. The van der Waals surface area contributed by atoms with Crippen LogP contribution in [0.15, 0.2) is 28.8 Å². The quantitative estimate of drug-likeness (QED) is 0.857. The Bertz CT molecular complexity index is 639. The van der Waals surface area contributed by atoms with Gasteiger partial charge in [-0.2, -0.15) is 4.98 Å². The Labute approximate surface area is 145 Å². The van der Waals surface area contributed by atoms with Gasteiger partial charge in [-0.3, -0.25) is 4.79 Å². The Morgan fingerprint density at radius 3 is 2.87 bits per heavy atom. The van der Waals surface area contributed by atoms with Crippen LogP contribution in [-0.4, -0.2) is 35.7 Å². The normalized spacial score (nSPS) is 16.8. The van der Waals surface area contributed by atoms with Gasteiger partial charge in [0, 0.05) is 30.1 Å². The summed E-state index contributed by atoms with van der Waals surface area (Å²) in [6.45, 7) is 2.16. The Morgan fingerprint density at radius 2 is 2.17 bits per heavy atom. The van der Waals surface area contributed by atoms with E-state index < -0.39 is 0 Å². The molecule has 1 atom stereocenters. The number of benzene rings is 1. The van der Waals surface area contributed by atoms with Crippen LogP contribution in [0.25, 0.3) is 11.4 Å². The molecule has 1 saturated heterocycles. The van der Waals surface area contributed by atoms with E-state index >= 15 is 0 Å². The zero-order chi connectivity index (χ0) is 15.4. The highest BCUT2D eigenvalue weighted by atomic mass is 35.5. The van der Waals surface area contributed by atoms with Gasteiger partial charge in [0.05, 0.1) is 5.92 Å². The molecule has 6 nitrogen and oxygen atoms in total. The predicted octanol–water partition coefficient (Wildman–Crippen LogP) is 2.08. The van der Waals surface area contributed by atoms with Crippen LogP contribution in [0.4, 0.5) is 0 Å². The molecule has 2 heterocycles. The lowest BCUT2D eigenvalue weighted by molar-refractivity contribution is -0.124. The summed E-state index contributed by atoms with van der Waals surface area (Å²) in [5.74, 6) is 1.20. The van der Waals surface area contributed by atoms with Gasteiger partial charge in [0.2, 0.25) is 17.6 Å². The second-order valence-corrected chi connectivity index (χ2v) is 5.69. The summed E-state index contributed by atoms with van der Waals surface area (Å²) >= 11 is 5.85. The molecule has 124 valence electrons. The molecular formula is C15H18Cl2N4O2. The van der Waals surface area contributed by atoms with Crippen molar-refractivity contribution < 1.29 is 9.32 Å². The third-order valence-corrected chi connectivity index (χ3v) is 3.89. The Morgan fingerprint density at radius 1 is 1.39 bits per heavy atom. The van der Waals surface area contributed by atoms with Crippen molar-refractivity contribution in [3.05, 3.63) is 35.2 Å². The van der Waals surface area contributed by atoms with Crippen molar-refractivity contribution in [2.45, 2.75) is 12.8 Å². The monoisotopic (exact) mass is 356 g/mol. The van der Waals surface area contributed by atoms with Crippen molar-refractivity contribution in [1.29, 1.82) is 0 Å². The molecule has 23 heavy (non-hydrogen) atoms. The number of carbonyl (C=O) groups is 1. The third-order valence-electron chi connectivity index (χ3n) is 3.64. The SMILES string of the molecule is Cl.O=C(NCCc1nc(-c2ccc(Cl)cc2)no1)C1CCNC1. The molecule has 0 bridgehead atoms. The summed E-state index contributed by atoms with van der Waals surface area (Å²) in [6.07, 6.45) is 1.42. The van der Waals surface area contributed by atoms with E-state index in [1.165, 1.54) is 0 Å². The fraction of sp³-hybridized carbons (Fsp3) is 0.400. The molecule has 1 unspecified atom stereocenters. The largest absolute Gasteiger partial charge is 0.355 e. The molecule has 1 amide bonds. The van der Waals surface area contributed by atoms with Crippen LogP contribution in [0.2, 0.25) is 5.02 Å². The van der Waals surface area contributed by atoms with E-state index in [2.05, 4.69) is 20.8 Å². The maximum Gasteiger partial charge on any atom is 0.228 e. The number of halogens is 2. The molecule has 0 saturated carbocycles. The van der Waals surface area contributed by atoms with Crippen molar-refractivity contribution in [2.24, 2.45) is 5.92 Å². The van der Waals surface area contributed by atoms with E-state index in [4.69, 9.17) is 16.1 Å². The van der Waals surface area contributed by atoms with Crippen LogP contribution in [0.3, 0.4) is 0 Å². The second-order valence-electron chi connectivity index (χ2n) is 5.25. The summed E-state index contributed by atoms with van der Waals surface area (Å²) in [4.78, 5) is 16.2. The number of rotatable bonds is 5. The molecule has 0 spiro atoms. The van der Waals surface area contributed by atoms with Gasteiger partial charge in [0.25, 0.3) is 0 Å². The van der Waals surface area contributed by atoms with Crippen molar-refractivity contribution in [3.8, 4) is 11.4 Å². The van der Waals surface area contributed by atoms with Crippen molar-refractivity contribution in [3.63, 3.8) is 0 Å². The molecule has 0 aliphatic carbocycles. The van der Waals surface area contributed by atoms with E-state index in [1.807, 2.05) is 12.1 Å². The number of aromatic nitrogens is 2. The number of carbonyl (C=O) groups excluding carboxylic acids is 1. The van der Waals surface area contributed by atoms with Gasteiger partial charge in [0.15, 0.2) is 0 Å². The molecule has 2 N–H and O–H groups in total. The lowest BCUT2D eigenvalue weighted by Gasteiger charge is -2.08. The first kappa shape index (κ1) is 17.7. The van der Waals surface area contributed by atoms with Crippen LogP contribution in [-0.2, 0) is 11.2 Å². The Hall–Kier alpha value is -1.63. The molecule has 8 heteroatoms. The molecule has 1 aliphatic rings. The van der Waals surface area contributed by atoms with E-state index in [0.717, 1.165) is 25.1 Å². The zero-order valence-electron chi connectivity index (χ0n) is 12.4. The van der Waals surface area contributed by atoms with Crippen LogP contribution in [0, 0.1) is 5.92 Å². The van der Waals surface area contributed by atoms with E-state index in [0.29, 0.717) is 29.7 Å². The highest BCUT2D eigenvalue weighted by Gasteiger charge is 2.21.